The van der Waals surface area contributed by atoms with Crippen LogP contribution in [0.1, 0.15) is 5.56 Å². The van der Waals surface area contributed by atoms with Gasteiger partial charge in [-0.25, -0.2) is 0 Å². The largest absolute Gasteiger partial charge is 0.471 e. The zero-order chi connectivity index (χ0) is 12.0. The van der Waals surface area contributed by atoms with Gasteiger partial charge in [0.15, 0.2) is 0 Å². The molecular formula is C11H10F3NO. The molecule has 0 heterocycles. The Hall–Kier alpha value is -1.78. The van der Waals surface area contributed by atoms with Crippen molar-refractivity contribution in [2.45, 2.75) is 6.18 Å². The van der Waals surface area contributed by atoms with Crippen molar-refractivity contribution >= 4 is 12.0 Å². The molecule has 0 atom stereocenters. The summed E-state index contributed by atoms with van der Waals surface area (Å²) in [7, 11) is 0. The van der Waals surface area contributed by atoms with E-state index in [1.165, 1.54) is 6.08 Å². The highest BCUT2D eigenvalue weighted by Crippen LogP contribution is 2.13. The molecule has 1 aromatic carbocycles. The number of hydrogen-bond acceptors (Lipinski definition) is 1. The number of benzene rings is 1. The maximum atomic E-state index is 11.8. The maximum absolute atomic E-state index is 11.8. The molecule has 1 amide bonds. The molecule has 0 aromatic heterocycles. The van der Waals surface area contributed by atoms with Gasteiger partial charge in [0.1, 0.15) is 0 Å². The zero-order valence-electron chi connectivity index (χ0n) is 8.29. The highest BCUT2D eigenvalue weighted by Gasteiger charge is 2.37. The van der Waals surface area contributed by atoms with Crippen molar-refractivity contribution in [1.82, 2.24) is 5.32 Å². The second-order valence-electron chi connectivity index (χ2n) is 3.02. The molecule has 0 bridgehead atoms. The van der Waals surface area contributed by atoms with Gasteiger partial charge in [-0.1, -0.05) is 42.5 Å². The zero-order valence-corrected chi connectivity index (χ0v) is 8.29. The van der Waals surface area contributed by atoms with Gasteiger partial charge in [-0.05, 0) is 5.56 Å². The Kier molecular flexibility index (Phi) is 4.10. The molecule has 5 heteroatoms. The van der Waals surface area contributed by atoms with E-state index in [-0.39, 0.29) is 6.54 Å². The molecular weight excluding hydrogens is 219 g/mol. The predicted molar refractivity (Wildman–Crippen MR) is 54.5 cm³/mol. The fourth-order valence-corrected chi connectivity index (χ4v) is 1.01. The van der Waals surface area contributed by atoms with Crippen LogP contribution in [-0.4, -0.2) is 18.6 Å². The summed E-state index contributed by atoms with van der Waals surface area (Å²) >= 11 is 0. The minimum atomic E-state index is -4.82. The number of rotatable bonds is 3. The van der Waals surface area contributed by atoms with E-state index in [0.717, 1.165) is 5.56 Å². The average Bonchev–Trinajstić information content (AvgIpc) is 2.24. The summed E-state index contributed by atoms with van der Waals surface area (Å²) in [6, 6.07) is 9.08. The van der Waals surface area contributed by atoms with Crippen LogP contribution in [0.15, 0.2) is 36.4 Å². The van der Waals surface area contributed by atoms with Crippen LogP contribution in [-0.2, 0) is 4.79 Å². The molecule has 0 saturated heterocycles. The van der Waals surface area contributed by atoms with Gasteiger partial charge in [-0.3, -0.25) is 4.79 Å². The lowest BCUT2D eigenvalue weighted by molar-refractivity contribution is -0.173. The average molecular weight is 229 g/mol. The second kappa shape index (κ2) is 5.34. The molecule has 16 heavy (non-hydrogen) atoms. The molecule has 0 aliphatic carbocycles. The minimum absolute atomic E-state index is 0.146. The number of halogens is 3. The normalized spacial score (nSPS) is 11.7. The van der Waals surface area contributed by atoms with Crippen LogP contribution in [0.4, 0.5) is 13.2 Å². The Morgan fingerprint density at radius 2 is 1.88 bits per heavy atom. The Bertz CT molecular complexity index is 371. The molecule has 0 saturated carbocycles. The topological polar surface area (TPSA) is 29.1 Å². The fraction of sp³-hybridized carbons (Fsp3) is 0.182. The fourth-order valence-electron chi connectivity index (χ4n) is 1.01. The lowest BCUT2D eigenvalue weighted by atomic mass is 10.2. The lowest BCUT2D eigenvalue weighted by Crippen LogP contribution is -2.36. The van der Waals surface area contributed by atoms with Crippen LogP contribution in [0.3, 0.4) is 0 Å². The maximum Gasteiger partial charge on any atom is 0.471 e. The van der Waals surface area contributed by atoms with E-state index < -0.39 is 12.1 Å². The number of hydrogen-bond donors (Lipinski definition) is 1. The summed E-state index contributed by atoms with van der Waals surface area (Å²) in [5.41, 5.74) is 0.865. The van der Waals surface area contributed by atoms with Gasteiger partial charge in [-0.2, -0.15) is 13.2 Å². The van der Waals surface area contributed by atoms with E-state index in [9.17, 15) is 18.0 Å². The summed E-state index contributed by atoms with van der Waals surface area (Å²) < 4.78 is 35.3. The monoisotopic (exact) mass is 229 g/mol. The van der Waals surface area contributed by atoms with Gasteiger partial charge in [0, 0.05) is 6.54 Å². The SMILES string of the molecule is O=C(NCC=Cc1ccccc1)C(F)(F)F. The van der Waals surface area contributed by atoms with Crippen LogP contribution in [0.25, 0.3) is 6.08 Å². The number of amides is 1. The van der Waals surface area contributed by atoms with E-state index in [4.69, 9.17) is 0 Å². The summed E-state index contributed by atoms with van der Waals surface area (Å²) in [5, 5.41) is 1.74. The highest BCUT2D eigenvalue weighted by atomic mass is 19.4. The smallest absolute Gasteiger partial charge is 0.345 e. The molecule has 0 aliphatic rings. The first-order valence-corrected chi connectivity index (χ1v) is 4.57. The third-order valence-electron chi connectivity index (χ3n) is 1.75. The number of alkyl halides is 3. The van der Waals surface area contributed by atoms with E-state index in [2.05, 4.69) is 0 Å². The number of carbonyl (C=O) groups is 1. The Morgan fingerprint density at radius 1 is 1.25 bits per heavy atom. The van der Waals surface area contributed by atoms with Crippen molar-refractivity contribution in [2.24, 2.45) is 0 Å². The van der Waals surface area contributed by atoms with Gasteiger partial charge >= 0.3 is 12.1 Å². The first kappa shape index (κ1) is 12.3. The van der Waals surface area contributed by atoms with Crippen molar-refractivity contribution < 1.29 is 18.0 Å². The second-order valence-corrected chi connectivity index (χ2v) is 3.02. The Balaban J connectivity index is 2.37. The molecule has 0 spiro atoms. The predicted octanol–water partition coefficient (Wildman–Crippen LogP) is 2.38. The first-order valence-electron chi connectivity index (χ1n) is 4.57. The summed E-state index contributed by atoms with van der Waals surface area (Å²) in [6.07, 6.45) is -1.73. The van der Waals surface area contributed by atoms with Crippen LogP contribution in [0.5, 0.6) is 0 Å². The van der Waals surface area contributed by atoms with E-state index in [1.54, 1.807) is 11.4 Å². The Labute approximate surface area is 90.8 Å². The third kappa shape index (κ3) is 4.16. The molecule has 1 rings (SSSR count). The van der Waals surface area contributed by atoms with Gasteiger partial charge in [0.25, 0.3) is 0 Å². The molecule has 86 valence electrons. The Morgan fingerprint density at radius 3 is 2.44 bits per heavy atom. The lowest BCUT2D eigenvalue weighted by Gasteiger charge is -2.04. The summed E-state index contributed by atoms with van der Waals surface area (Å²) in [6.45, 7) is -0.146. The highest BCUT2D eigenvalue weighted by molar-refractivity contribution is 5.81. The van der Waals surface area contributed by atoms with Crippen molar-refractivity contribution in [3.8, 4) is 0 Å². The standard InChI is InChI=1S/C11H10F3NO/c12-11(13,14)10(16)15-8-4-7-9-5-2-1-3-6-9/h1-7H,8H2,(H,15,16). The molecule has 0 fully saturated rings. The molecule has 0 radical (unpaired) electrons. The number of carbonyl (C=O) groups excluding carboxylic acids is 1. The van der Waals surface area contributed by atoms with Crippen molar-refractivity contribution in [1.29, 1.82) is 0 Å². The van der Waals surface area contributed by atoms with Gasteiger partial charge < -0.3 is 5.32 Å². The van der Waals surface area contributed by atoms with Crippen molar-refractivity contribution in [3.05, 3.63) is 42.0 Å². The first-order chi connectivity index (χ1) is 7.50. The third-order valence-corrected chi connectivity index (χ3v) is 1.75. The minimum Gasteiger partial charge on any atom is -0.345 e. The molecule has 0 unspecified atom stereocenters. The van der Waals surface area contributed by atoms with E-state index in [1.807, 2.05) is 30.3 Å². The van der Waals surface area contributed by atoms with Crippen molar-refractivity contribution in [3.63, 3.8) is 0 Å². The van der Waals surface area contributed by atoms with E-state index in [0.29, 0.717) is 0 Å². The summed E-state index contributed by atoms with van der Waals surface area (Å²) in [4.78, 5) is 10.4. The van der Waals surface area contributed by atoms with Crippen LogP contribution >= 0.6 is 0 Å². The van der Waals surface area contributed by atoms with E-state index >= 15 is 0 Å². The molecule has 1 aromatic rings. The molecule has 1 N–H and O–H groups in total. The number of nitrogens with one attached hydrogen (secondary N) is 1. The molecule has 2 nitrogen and oxygen atoms in total. The van der Waals surface area contributed by atoms with Gasteiger partial charge in [0.2, 0.25) is 0 Å². The van der Waals surface area contributed by atoms with Crippen LogP contribution in [0.2, 0.25) is 0 Å². The van der Waals surface area contributed by atoms with Gasteiger partial charge in [-0.15, -0.1) is 0 Å². The van der Waals surface area contributed by atoms with Gasteiger partial charge in [0.05, 0.1) is 0 Å². The quantitative estimate of drug-likeness (QED) is 0.847. The summed E-state index contributed by atoms with van der Waals surface area (Å²) in [5.74, 6) is -1.93. The van der Waals surface area contributed by atoms with Crippen LogP contribution in [0, 0.1) is 0 Å². The van der Waals surface area contributed by atoms with Crippen LogP contribution < -0.4 is 5.32 Å². The van der Waals surface area contributed by atoms with Crippen molar-refractivity contribution in [2.75, 3.05) is 6.54 Å². The molecule has 0 aliphatic heterocycles.